The van der Waals surface area contributed by atoms with Gasteiger partial charge in [-0.15, -0.1) is 0 Å². The van der Waals surface area contributed by atoms with Crippen molar-refractivity contribution >= 4 is 11.8 Å². The molecule has 0 aromatic rings. The van der Waals surface area contributed by atoms with E-state index < -0.39 is 12.5 Å². The number of hydrogen-bond donors (Lipinski definition) is 5. The van der Waals surface area contributed by atoms with Crippen LogP contribution in [0.25, 0.3) is 0 Å². The van der Waals surface area contributed by atoms with Crippen LogP contribution in [0, 0.1) is 0 Å². The van der Waals surface area contributed by atoms with E-state index in [9.17, 15) is 9.59 Å². The van der Waals surface area contributed by atoms with Crippen molar-refractivity contribution in [2.45, 2.75) is 26.2 Å². The molecule has 0 aromatic carbocycles. The summed E-state index contributed by atoms with van der Waals surface area (Å²) in [5.41, 5.74) is 9.24. The Hall–Kier alpha value is -1.26. The molecule has 0 radical (unpaired) electrons. The third kappa shape index (κ3) is 42.8. The van der Waals surface area contributed by atoms with E-state index in [0.717, 1.165) is 12.8 Å². The van der Waals surface area contributed by atoms with Gasteiger partial charge in [0.1, 0.15) is 6.61 Å². The second-order valence-electron chi connectivity index (χ2n) is 3.87. The molecular weight excluding hydrogens is 296 g/mol. The summed E-state index contributed by atoms with van der Waals surface area (Å²) in [6, 6.07) is 0. The van der Waals surface area contributed by atoms with E-state index in [1.54, 1.807) is 0 Å². The smallest absolute Gasteiger partial charge is 0.243 e. The van der Waals surface area contributed by atoms with Crippen molar-refractivity contribution in [3.8, 4) is 0 Å². The van der Waals surface area contributed by atoms with Gasteiger partial charge in [0.25, 0.3) is 0 Å². The van der Waals surface area contributed by atoms with Crippen LogP contribution in [0.1, 0.15) is 26.2 Å². The maximum atomic E-state index is 9.98. The fourth-order valence-corrected chi connectivity index (χ4v) is 0.802. The van der Waals surface area contributed by atoms with E-state index in [4.69, 9.17) is 30.5 Å². The second kappa shape index (κ2) is 24.7. The molecular formula is C13H30N2O7. The monoisotopic (exact) mass is 326 g/mol. The number of aliphatic hydroxyl groups is 3. The van der Waals surface area contributed by atoms with E-state index in [0.29, 0.717) is 32.8 Å². The minimum absolute atomic E-state index is 0.0417. The number of nitrogens with two attached hydrogens (primary N) is 2. The summed E-state index contributed by atoms with van der Waals surface area (Å²) in [5.74, 6) is -0.883. The molecule has 7 N–H and O–H groups in total. The first-order chi connectivity index (χ1) is 10.5. The Morgan fingerprint density at radius 3 is 1.45 bits per heavy atom. The number of rotatable bonds is 11. The van der Waals surface area contributed by atoms with Gasteiger partial charge < -0.3 is 36.3 Å². The van der Waals surface area contributed by atoms with E-state index in [2.05, 4.69) is 5.73 Å². The fourth-order valence-electron chi connectivity index (χ4n) is 0.802. The molecule has 0 aromatic heterocycles. The lowest BCUT2D eigenvalue weighted by Gasteiger charge is -2.01. The average Bonchev–Trinajstić information content (AvgIpc) is 2.50. The average molecular weight is 326 g/mol. The SMILES string of the molecule is CCCCC(N)=O.NC(=O)CO.OCCOCCOCCO. The summed E-state index contributed by atoms with van der Waals surface area (Å²) < 4.78 is 9.75. The van der Waals surface area contributed by atoms with Gasteiger partial charge in [-0.3, -0.25) is 9.59 Å². The molecule has 0 aliphatic carbocycles. The largest absolute Gasteiger partial charge is 0.394 e. The zero-order chi connectivity index (χ0) is 17.6. The van der Waals surface area contributed by atoms with Crippen LogP contribution in [-0.4, -0.2) is 73.4 Å². The summed E-state index contributed by atoms with van der Waals surface area (Å²) in [7, 11) is 0. The van der Waals surface area contributed by atoms with Gasteiger partial charge in [0.15, 0.2) is 0 Å². The van der Waals surface area contributed by atoms with Gasteiger partial charge in [-0.2, -0.15) is 0 Å². The van der Waals surface area contributed by atoms with Gasteiger partial charge in [-0.1, -0.05) is 13.3 Å². The second-order valence-corrected chi connectivity index (χ2v) is 3.87. The molecule has 9 heteroatoms. The van der Waals surface area contributed by atoms with Crippen molar-refractivity contribution in [2.75, 3.05) is 46.2 Å². The Kier molecular flexibility index (Phi) is 28.9. The Morgan fingerprint density at radius 2 is 1.27 bits per heavy atom. The summed E-state index contributed by atoms with van der Waals surface area (Å²) in [6.07, 6.45) is 2.51. The molecule has 0 bridgehead atoms. The van der Waals surface area contributed by atoms with Crippen molar-refractivity contribution < 1.29 is 34.4 Å². The highest BCUT2D eigenvalue weighted by Crippen LogP contribution is 1.89. The molecule has 0 saturated heterocycles. The minimum Gasteiger partial charge on any atom is -0.394 e. The predicted octanol–water partition coefficient (Wildman–Crippen LogP) is -1.87. The normalized spacial score (nSPS) is 9.09. The topological polar surface area (TPSA) is 165 Å². The van der Waals surface area contributed by atoms with Crippen molar-refractivity contribution in [1.82, 2.24) is 0 Å². The number of ether oxygens (including phenoxy) is 2. The first kappa shape index (κ1) is 25.7. The highest BCUT2D eigenvalue weighted by atomic mass is 16.5. The fraction of sp³-hybridized carbons (Fsp3) is 0.846. The van der Waals surface area contributed by atoms with Crippen molar-refractivity contribution in [3.05, 3.63) is 0 Å². The number of amides is 2. The lowest BCUT2D eigenvalue weighted by molar-refractivity contribution is -0.120. The zero-order valence-corrected chi connectivity index (χ0v) is 13.2. The third-order valence-corrected chi connectivity index (χ3v) is 1.78. The highest BCUT2D eigenvalue weighted by Gasteiger charge is 1.88. The quantitative estimate of drug-likeness (QED) is 0.277. The van der Waals surface area contributed by atoms with E-state index in [1.165, 1.54) is 0 Å². The number of unbranched alkanes of at least 4 members (excludes halogenated alkanes) is 1. The molecule has 22 heavy (non-hydrogen) atoms. The lowest BCUT2D eigenvalue weighted by Crippen LogP contribution is -2.14. The molecule has 0 unspecified atom stereocenters. The molecule has 0 aliphatic rings. The molecule has 9 nitrogen and oxygen atoms in total. The third-order valence-electron chi connectivity index (χ3n) is 1.78. The van der Waals surface area contributed by atoms with Crippen LogP contribution in [0.3, 0.4) is 0 Å². The number of carbonyl (C=O) groups excluding carboxylic acids is 2. The molecule has 2 amide bonds. The van der Waals surface area contributed by atoms with E-state index >= 15 is 0 Å². The standard InChI is InChI=1S/C6H14O4.C5H11NO.C2H5NO2/c7-1-3-9-5-6-10-4-2-8;1-2-3-4-5(6)7;3-2(5)1-4/h7-8H,1-6H2;2-4H2,1H3,(H2,6,7);4H,1H2,(H2,3,5). The van der Waals surface area contributed by atoms with Gasteiger partial charge in [0, 0.05) is 6.42 Å². The van der Waals surface area contributed by atoms with Gasteiger partial charge in [0.05, 0.1) is 39.6 Å². The first-order valence-corrected chi connectivity index (χ1v) is 7.00. The molecule has 134 valence electrons. The van der Waals surface area contributed by atoms with Gasteiger partial charge >= 0.3 is 0 Å². The number of carbonyl (C=O) groups is 2. The molecule has 0 rings (SSSR count). The Balaban J connectivity index is -0.000000263. The summed E-state index contributed by atoms with van der Waals surface area (Å²) in [4.78, 5) is 19.3. The van der Waals surface area contributed by atoms with Crippen LogP contribution in [-0.2, 0) is 19.1 Å². The van der Waals surface area contributed by atoms with Gasteiger partial charge in [-0.25, -0.2) is 0 Å². The lowest BCUT2D eigenvalue weighted by atomic mass is 10.2. The number of primary amides is 2. The van der Waals surface area contributed by atoms with E-state index in [1.807, 2.05) is 6.92 Å². The van der Waals surface area contributed by atoms with Crippen LogP contribution < -0.4 is 11.5 Å². The number of hydrogen-bond acceptors (Lipinski definition) is 7. The Labute approximate surface area is 131 Å². The Morgan fingerprint density at radius 1 is 0.864 bits per heavy atom. The minimum atomic E-state index is -0.690. The summed E-state index contributed by atoms with van der Waals surface area (Å²) in [5, 5.41) is 24.2. The molecule has 0 aliphatic heterocycles. The molecule has 0 saturated carbocycles. The molecule has 0 heterocycles. The summed E-state index contributed by atoms with van der Waals surface area (Å²) >= 11 is 0. The predicted molar refractivity (Wildman–Crippen MR) is 80.8 cm³/mol. The maximum Gasteiger partial charge on any atom is 0.243 e. The zero-order valence-electron chi connectivity index (χ0n) is 13.2. The van der Waals surface area contributed by atoms with Crippen molar-refractivity contribution in [1.29, 1.82) is 0 Å². The van der Waals surface area contributed by atoms with E-state index in [-0.39, 0.29) is 19.1 Å². The van der Waals surface area contributed by atoms with Crippen molar-refractivity contribution in [2.24, 2.45) is 11.5 Å². The van der Waals surface area contributed by atoms with Crippen LogP contribution in [0.2, 0.25) is 0 Å². The molecule has 0 atom stereocenters. The van der Waals surface area contributed by atoms with Gasteiger partial charge in [0.2, 0.25) is 11.8 Å². The summed E-state index contributed by atoms with van der Waals surface area (Å²) in [6.45, 7) is 3.20. The van der Waals surface area contributed by atoms with Crippen LogP contribution in [0.15, 0.2) is 0 Å². The van der Waals surface area contributed by atoms with Crippen LogP contribution in [0.5, 0.6) is 0 Å². The van der Waals surface area contributed by atoms with Crippen LogP contribution in [0.4, 0.5) is 0 Å². The molecule has 0 fully saturated rings. The first-order valence-electron chi connectivity index (χ1n) is 7.00. The highest BCUT2D eigenvalue weighted by molar-refractivity contribution is 5.74. The van der Waals surface area contributed by atoms with Gasteiger partial charge in [-0.05, 0) is 6.42 Å². The number of aliphatic hydroxyl groups excluding tert-OH is 3. The Bertz CT molecular complexity index is 232. The van der Waals surface area contributed by atoms with Crippen molar-refractivity contribution in [3.63, 3.8) is 0 Å². The van der Waals surface area contributed by atoms with Crippen LogP contribution >= 0.6 is 0 Å². The maximum absolute atomic E-state index is 9.98. The molecule has 0 spiro atoms.